The Morgan fingerprint density at radius 2 is 1.95 bits per heavy atom. The summed E-state index contributed by atoms with van der Waals surface area (Å²) in [5, 5.41) is 3.49. The van der Waals surface area contributed by atoms with Gasteiger partial charge in [0.1, 0.15) is 11.5 Å². The Bertz CT molecular complexity index is 468. The molecule has 5 heteroatoms. The van der Waals surface area contributed by atoms with Gasteiger partial charge < -0.3 is 19.7 Å². The lowest BCUT2D eigenvalue weighted by molar-refractivity contribution is -0.129. The Balaban J connectivity index is 1.99. The molecule has 1 aromatic rings. The minimum atomic E-state index is 0.158. The molecule has 1 N–H and O–H groups in total. The molecule has 1 heterocycles. The zero-order chi connectivity index (χ0) is 14.5. The van der Waals surface area contributed by atoms with Crippen molar-refractivity contribution in [3.63, 3.8) is 0 Å². The van der Waals surface area contributed by atoms with Crippen molar-refractivity contribution in [2.24, 2.45) is 0 Å². The summed E-state index contributed by atoms with van der Waals surface area (Å²) in [6.07, 6.45) is 1.91. The van der Waals surface area contributed by atoms with E-state index < -0.39 is 0 Å². The average Bonchev–Trinajstić information content (AvgIpc) is 2.48. The van der Waals surface area contributed by atoms with Gasteiger partial charge in [-0.05, 0) is 25.0 Å². The van der Waals surface area contributed by atoms with E-state index in [-0.39, 0.29) is 5.91 Å². The van der Waals surface area contributed by atoms with Crippen LogP contribution < -0.4 is 14.8 Å². The fourth-order valence-corrected chi connectivity index (χ4v) is 2.48. The maximum Gasteiger partial charge on any atom is 0.219 e. The first kappa shape index (κ1) is 14.5. The highest BCUT2D eigenvalue weighted by molar-refractivity contribution is 5.73. The SMILES string of the molecule is COc1ccc(NC2CCN(C(C)=O)CC2)c(OC)c1. The molecule has 0 unspecified atom stereocenters. The lowest BCUT2D eigenvalue weighted by atomic mass is 10.0. The van der Waals surface area contributed by atoms with Crippen molar-refractivity contribution in [3.05, 3.63) is 18.2 Å². The van der Waals surface area contributed by atoms with E-state index in [1.54, 1.807) is 21.1 Å². The van der Waals surface area contributed by atoms with Gasteiger partial charge in [0, 0.05) is 32.1 Å². The highest BCUT2D eigenvalue weighted by Crippen LogP contribution is 2.30. The number of ether oxygens (including phenoxy) is 2. The predicted molar refractivity (Wildman–Crippen MR) is 78.4 cm³/mol. The third-order valence-electron chi connectivity index (χ3n) is 3.71. The van der Waals surface area contributed by atoms with Crippen molar-refractivity contribution in [1.29, 1.82) is 0 Å². The van der Waals surface area contributed by atoms with Crippen LogP contribution in [0.4, 0.5) is 5.69 Å². The molecule has 5 nitrogen and oxygen atoms in total. The second-order valence-electron chi connectivity index (χ2n) is 4.99. The van der Waals surface area contributed by atoms with Crippen LogP contribution in [0, 0.1) is 0 Å². The van der Waals surface area contributed by atoms with E-state index >= 15 is 0 Å². The zero-order valence-corrected chi connectivity index (χ0v) is 12.3. The summed E-state index contributed by atoms with van der Waals surface area (Å²) in [5.41, 5.74) is 0.967. The fourth-order valence-electron chi connectivity index (χ4n) is 2.48. The van der Waals surface area contributed by atoms with Crippen molar-refractivity contribution >= 4 is 11.6 Å². The van der Waals surface area contributed by atoms with Crippen molar-refractivity contribution in [2.45, 2.75) is 25.8 Å². The summed E-state index contributed by atoms with van der Waals surface area (Å²) in [6, 6.07) is 6.12. The highest BCUT2D eigenvalue weighted by Gasteiger charge is 2.21. The van der Waals surface area contributed by atoms with Crippen LogP contribution in [0.2, 0.25) is 0 Å². The third-order valence-corrected chi connectivity index (χ3v) is 3.71. The standard InChI is InChI=1S/C15H22N2O3/c1-11(18)17-8-6-12(7-9-17)16-14-5-4-13(19-2)10-15(14)20-3/h4-5,10,12,16H,6-9H2,1-3H3. The van der Waals surface area contributed by atoms with Crippen LogP contribution in [0.5, 0.6) is 11.5 Å². The Morgan fingerprint density at radius 3 is 2.50 bits per heavy atom. The smallest absolute Gasteiger partial charge is 0.219 e. The normalized spacial score (nSPS) is 15.8. The van der Waals surface area contributed by atoms with Crippen LogP contribution in [0.25, 0.3) is 0 Å². The van der Waals surface area contributed by atoms with E-state index in [1.807, 2.05) is 23.1 Å². The summed E-state index contributed by atoms with van der Waals surface area (Å²) < 4.78 is 10.6. The number of carbonyl (C=O) groups excluding carboxylic acids is 1. The molecule has 0 aromatic heterocycles. The molecule has 1 fully saturated rings. The van der Waals surface area contributed by atoms with Crippen LogP contribution in [-0.2, 0) is 4.79 Å². The van der Waals surface area contributed by atoms with Gasteiger partial charge in [0.15, 0.2) is 0 Å². The number of piperidine rings is 1. The number of hydrogen-bond acceptors (Lipinski definition) is 4. The van der Waals surface area contributed by atoms with Crippen LogP contribution >= 0.6 is 0 Å². The van der Waals surface area contributed by atoms with Gasteiger partial charge in [-0.25, -0.2) is 0 Å². The summed E-state index contributed by atoms with van der Waals surface area (Å²) in [7, 11) is 3.29. The number of nitrogens with zero attached hydrogens (tertiary/aromatic N) is 1. The number of benzene rings is 1. The second kappa shape index (κ2) is 6.50. The molecule has 1 aliphatic heterocycles. The molecule has 1 aromatic carbocycles. The minimum absolute atomic E-state index is 0.158. The van der Waals surface area contributed by atoms with E-state index in [1.165, 1.54) is 0 Å². The van der Waals surface area contributed by atoms with Gasteiger partial charge in [-0.15, -0.1) is 0 Å². The Labute approximate surface area is 119 Å². The molecule has 0 saturated carbocycles. The van der Waals surface area contributed by atoms with E-state index in [2.05, 4.69) is 5.32 Å². The average molecular weight is 278 g/mol. The van der Waals surface area contributed by atoms with Crippen LogP contribution in [0.3, 0.4) is 0 Å². The van der Waals surface area contributed by atoms with E-state index in [0.29, 0.717) is 6.04 Å². The molecular weight excluding hydrogens is 256 g/mol. The van der Waals surface area contributed by atoms with E-state index in [4.69, 9.17) is 9.47 Å². The topological polar surface area (TPSA) is 50.8 Å². The van der Waals surface area contributed by atoms with Crippen molar-refractivity contribution in [3.8, 4) is 11.5 Å². The minimum Gasteiger partial charge on any atom is -0.497 e. The third kappa shape index (κ3) is 3.35. The molecule has 2 rings (SSSR count). The molecule has 1 amide bonds. The number of amides is 1. The Kier molecular flexibility index (Phi) is 4.71. The first-order chi connectivity index (χ1) is 9.63. The lowest BCUT2D eigenvalue weighted by Gasteiger charge is -2.32. The Hall–Kier alpha value is -1.91. The fraction of sp³-hybridized carbons (Fsp3) is 0.533. The van der Waals surface area contributed by atoms with Gasteiger partial charge in [0.2, 0.25) is 5.91 Å². The number of rotatable bonds is 4. The molecule has 1 aliphatic rings. The molecule has 20 heavy (non-hydrogen) atoms. The number of hydrogen-bond donors (Lipinski definition) is 1. The highest BCUT2D eigenvalue weighted by atomic mass is 16.5. The largest absolute Gasteiger partial charge is 0.497 e. The molecule has 0 bridgehead atoms. The number of methoxy groups -OCH3 is 2. The Morgan fingerprint density at radius 1 is 1.25 bits per heavy atom. The zero-order valence-electron chi connectivity index (χ0n) is 12.3. The quantitative estimate of drug-likeness (QED) is 0.916. The molecule has 0 aliphatic carbocycles. The summed E-state index contributed by atoms with van der Waals surface area (Å²) in [6.45, 7) is 3.25. The first-order valence-electron chi connectivity index (χ1n) is 6.88. The molecule has 110 valence electrons. The number of anilines is 1. The van der Waals surface area contributed by atoms with Gasteiger partial charge in [-0.1, -0.05) is 0 Å². The van der Waals surface area contributed by atoms with Gasteiger partial charge in [-0.2, -0.15) is 0 Å². The molecule has 1 saturated heterocycles. The molecule has 0 atom stereocenters. The monoisotopic (exact) mass is 278 g/mol. The number of likely N-dealkylation sites (tertiary alicyclic amines) is 1. The van der Waals surface area contributed by atoms with Gasteiger partial charge in [-0.3, -0.25) is 4.79 Å². The molecule has 0 radical (unpaired) electrons. The van der Waals surface area contributed by atoms with Crippen molar-refractivity contribution in [1.82, 2.24) is 4.90 Å². The maximum atomic E-state index is 11.3. The summed E-state index contributed by atoms with van der Waals surface area (Å²) >= 11 is 0. The first-order valence-corrected chi connectivity index (χ1v) is 6.88. The molecule has 0 spiro atoms. The van der Waals surface area contributed by atoms with Crippen molar-refractivity contribution in [2.75, 3.05) is 32.6 Å². The second-order valence-corrected chi connectivity index (χ2v) is 4.99. The summed E-state index contributed by atoms with van der Waals surface area (Å²) in [5.74, 6) is 1.71. The van der Waals surface area contributed by atoms with Gasteiger partial charge >= 0.3 is 0 Å². The number of carbonyl (C=O) groups is 1. The number of nitrogens with one attached hydrogen (secondary N) is 1. The van der Waals surface area contributed by atoms with Gasteiger partial charge in [0.05, 0.1) is 19.9 Å². The van der Waals surface area contributed by atoms with Crippen LogP contribution in [-0.4, -0.2) is 44.2 Å². The predicted octanol–water partition coefficient (Wildman–Crippen LogP) is 2.13. The van der Waals surface area contributed by atoms with Crippen molar-refractivity contribution < 1.29 is 14.3 Å². The lowest BCUT2D eigenvalue weighted by Crippen LogP contribution is -2.41. The van der Waals surface area contributed by atoms with E-state index in [0.717, 1.165) is 43.1 Å². The summed E-state index contributed by atoms with van der Waals surface area (Å²) in [4.78, 5) is 13.2. The van der Waals surface area contributed by atoms with Crippen LogP contribution in [0.1, 0.15) is 19.8 Å². The van der Waals surface area contributed by atoms with Gasteiger partial charge in [0.25, 0.3) is 0 Å². The van der Waals surface area contributed by atoms with E-state index in [9.17, 15) is 4.79 Å². The maximum absolute atomic E-state index is 11.3. The van der Waals surface area contributed by atoms with Crippen LogP contribution in [0.15, 0.2) is 18.2 Å². The molecular formula is C15H22N2O3.